The van der Waals surface area contributed by atoms with Gasteiger partial charge in [0.1, 0.15) is 0 Å². The molecule has 0 saturated heterocycles. The first-order valence-corrected chi connectivity index (χ1v) is 6.01. The van der Waals surface area contributed by atoms with Crippen LogP contribution in [0.2, 0.25) is 0 Å². The Morgan fingerprint density at radius 2 is 1.88 bits per heavy atom. The van der Waals surface area contributed by atoms with E-state index in [1.54, 1.807) is 7.11 Å². The molecule has 0 fully saturated rings. The highest BCUT2D eigenvalue weighted by atomic mass is 16.5. The Kier molecular flexibility index (Phi) is 10.1. The van der Waals surface area contributed by atoms with Gasteiger partial charge in [-0.15, -0.1) is 0 Å². The van der Waals surface area contributed by atoms with Crippen molar-refractivity contribution < 1.29 is 19.0 Å². The van der Waals surface area contributed by atoms with Crippen LogP contribution in [0.1, 0.15) is 20.3 Å². The molecular formula is C12H25NO4. The fourth-order valence-corrected chi connectivity index (χ4v) is 1.32. The lowest BCUT2D eigenvalue weighted by Crippen LogP contribution is -2.37. The van der Waals surface area contributed by atoms with Gasteiger partial charge in [-0.1, -0.05) is 6.92 Å². The summed E-state index contributed by atoms with van der Waals surface area (Å²) >= 11 is 0. The van der Waals surface area contributed by atoms with Crippen molar-refractivity contribution in [3.8, 4) is 0 Å². The van der Waals surface area contributed by atoms with Crippen molar-refractivity contribution in [1.82, 2.24) is 5.32 Å². The number of methoxy groups -OCH3 is 2. The maximum Gasteiger partial charge on any atom is 0.309 e. The highest BCUT2D eigenvalue weighted by Crippen LogP contribution is 2.04. The van der Waals surface area contributed by atoms with Gasteiger partial charge in [0, 0.05) is 19.8 Å². The average Bonchev–Trinajstić information content (AvgIpc) is 2.35. The Balaban J connectivity index is 3.44. The van der Waals surface area contributed by atoms with Crippen molar-refractivity contribution >= 4 is 5.97 Å². The molecule has 0 aliphatic rings. The van der Waals surface area contributed by atoms with Gasteiger partial charge in [-0.3, -0.25) is 4.79 Å². The van der Waals surface area contributed by atoms with Crippen LogP contribution in [-0.2, 0) is 19.0 Å². The molecule has 1 N–H and O–H groups in total. The maximum absolute atomic E-state index is 11.3. The molecule has 2 unspecified atom stereocenters. The summed E-state index contributed by atoms with van der Waals surface area (Å²) in [7, 11) is 3.07. The molecule has 0 aliphatic heterocycles. The lowest BCUT2D eigenvalue weighted by Gasteiger charge is -2.19. The van der Waals surface area contributed by atoms with Crippen molar-refractivity contribution in [2.45, 2.75) is 26.3 Å². The third-order valence-corrected chi connectivity index (χ3v) is 2.69. The third kappa shape index (κ3) is 8.12. The first kappa shape index (κ1) is 16.4. The summed E-state index contributed by atoms with van der Waals surface area (Å²) in [4.78, 5) is 11.3. The van der Waals surface area contributed by atoms with E-state index in [-0.39, 0.29) is 17.9 Å². The fourth-order valence-electron chi connectivity index (χ4n) is 1.32. The number of rotatable bonds is 10. The molecule has 5 heteroatoms. The van der Waals surface area contributed by atoms with Crippen LogP contribution in [0, 0.1) is 5.92 Å². The molecule has 102 valence electrons. The second kappa shape index (κ2) is 10.5. The molecule has 0 saturated carbocycles. The van der Waals surface area contributed by atoms with Crippen LogP contribution < -0.4 is 5.32 Å². The minimum Gasteiger partial charge on any atom is -0.469 e. The highest BCUT2D eigenvalue weighted by molar-refractivity contribution is 5.72. The zero-order chi connectivity index (χ0) is 13.1. The topological polar surface area (TPSA) is 56.8 Å². The molecule has 17 heavy (non-hydrogen) atoms. The van der Waals surface area contributed by atoms with Crippen molar-refractivity contribution in [3.05, 3.63) is 0 Å². The SMILES string of the molecule is COCCOCCCNC(C)C(C)C(=O)OC. The van der Waals surface area contributed by atoms with Crippen molar-refractivity contribution in [1.29, 1.82) is 0 Å². The van der Waals surface area contributed by atoms with Gasteiger partial charge in [0.15, 0.2) is 0 Å². The fraction of sp³-hybridized carbons (Fsp3) is 0.917. The molecule has 2 atom stereocenters. The second-order valence-electron chi connectivity index (χ2n) is 4.01. The number of nitrogens with one attached hydrogen (secondary N) is 1. The summed E-state index contributed by atoms with van der Waals surface area (Å²) in [5.74, 6) is -0.309. The third-order valence-electron chi connectivity index (χ3n) is 2.69. The largest absolute Gasteiger partial charge is 0.469 e. The van der Waals surface area contributed by atoms with Gasteiger partial charge in [-0.05, 0) is 19.9 Å². The Hall–Kier alpha value is -0.650. The monoisotopic (exact) mass is 247 g/mol. The lowest BCUT2D eigenvalue weighted by molar-refractivity contribution is -0.145. The van der Waals surface area contributed by atoms with E-state index in [0.29, 0.717) is 19.8 Å². The quantitative estimate of drug-likeness (QED) is 0.458. The summed E-state index contributed by atoms with van der Waals surface area (Å²) < 4.78 is 14.9. The number of hydrogen-bond acceptors (Lipinski definition) is 5. The standard InChI is InChI=1S/C12H25NO4/c1-10(12(14)16-4)11(2)13-6-5-7-17-9-8-15-3/h10-11,13H,5-9H2,1-4H3. The number of carbonyl (C=O) groups is 1. The molecule has 5 nitrogen and oxygen atoms in total. The second-order valence-corrected chi connectivity index (χ2v) is 4.01. The highest BCUT2D eigenvalue weighted by Gasteiger charge is 2.19. The number of hydrogen-bond donors (Lipinski definition) is 1. The van der Waals surface area contributed by atoms with Crippen LogP contribution in [0.3, 0.4) is 0 Å². The van der Waals surface area contributed by atoms with Crippen LogP contribution in [0.4, 0.5) is 0 Å². The molecule has 0 amide bonds. The van der Waals surface area contributed by atoms with Crippen molar-refractivity contribution in [3.63, 3.8) is 0 Å². The molecule has 0 aliphatic carbocycles. The maximum atomic E-state index is 11.3. The van der Waals surface area contributed by atoms with E-state index in [1.165, 1.54) is 7.11 Å². The van der Waals surface area contributed by atoms with Gasteiger partial charge in [-0.2, -0.15) is 0 Å². The van der Waals surface area contributed by atoms with Crippen LogP contribution in [0.15, 0.2) is 0 Å². The van der Waals surface area contributed by atoms with Gasteiger partial charge in [0.2, 0.25) is 0 Å². The Morgan fingerprint density at radius 3 is 2.47 bits per heavy atom. The van der Waals surface area contributed by atoms with E-state index in [2.05, 4.69) is 10.1 Å². The molecule has 0 aromatic rings. The van der Waals surface area contributed by atoms with E-state index in [1.807, 2.05) is 13.8 Å². The minimum atomic E-state index is -0.179. The van der Waals surface area contributed by atoms with E-state index in [0.717, 1.165) is 13.0 Å². The van der Waals surface area contributed by atoms with Gasteiger partial charge in [0.05, 0.1) is 26.2 Å². The van der Waals surface area contributed by atoms with Crippen molar-refractivity contribution in [2.24, 2.45) is 5.92 Å². The summed E-state index contributed by atoms with van der Waals surface area (Å²) in [6, 6.07) is 0.112. The molecule has 0 rings (SSSR count). The average molecular weight is 247 g/mol. The van der Waals surface area contributed by atoms with Crippen LogP contribution in [-0.4, -0.2) is 52.6 Å². The smallest absolute Gasteiger partial charge is 0.309 e. The van der Waals surface area contributed by atoms with Crippen LogP contribution in [0.25, 0.3) is 0 Å². The summed E-state index contributed by atoms with van der Waals surface area (Å²) in [5, 5.41) is 3.28. The molecule has 0 radical (unpaired) electrons. The normalized spacial score (nSPS) is 14.4. The van der Waals surface area contributed by atoms with Crippen LogP contribution >= 0.6 is 0 Å². The Labute approximate surface area is 104 Å². The molecule has 0 bridgehead atoms. The predicted octanol–water partition coefficient (Wildman–Crippen LogP) is 0.827. The van der Waals surface area contributed by atoms with E-state index in [4.69, 9.17) is 9.47 Å². The summed E-state index contributed by atoms with van der Waals surface area (Å²) in [6.07, 6.45) is 0.919. The van der Waals surface area contributed by atoms with Gasteiger partial charge >= 0.3 is 5.97 Å². The van der Waals surface area contributed by atoms with Gasteiger partial charge in [-0.25, -0.2) is 0 Å². The Bertz CT molecular complexity index is 199. The van der Waals surface area contributed by atoms with E-state index in [9.17, 15) is 4.79 Å². The van der Waals surface area contributed by atoms with E-state index >= 15 is 0 Å². The first-order valence-electron chi connectivity index (χ1n) is 6.01. The zero-order valence-corrected chi connectivity index (χ0v) is 11.3. The van der Waals surface area contributed by atoms with Gasteiger partial charge < -0.3 is 19.5 Å². The first-order chi connectivity index (χ1) is 8.13. The van der Waals surface area contributed by atoms with Crippen molar-refractivity contribution in [2.75, 3.05) is 40.6 Å². The molecule has 0 heterocycles. The number of esters is 1. The molecule has 0 aromatic carbocycles. The lowest BCUT2D eigenvalue weighted by atomic mass is 10.0. The summed E-state index contributed by atoms with van der Waals surface area (Å²) in [5.41, 5.74) is 0. The minimum absolute atomic E-state index is 0.112. The van der Waals surface area contributed by atoms with Crippen LogP contribution in [0.5, 0.6) is 0 Å². The predicted molar refractivity (Wildman–Crippen MR) is 66.0 cm³/mol. The molecule has 0 aromatic heterocycles. The Morgan fingerprint density at radius 1 is 1.18 bits per heavy atom. The molecule has 0 spiro atoms. The van der Waals surface area contributed by atoms with E-state index < -0.39 is 0 Å². The number of carbonyl (C=O) groups excluding carboxylic acids is 1. The zero-order valence-electron chi connectivity index (χ0n) is 11.3. The number of ether oxygens (including phenoxy) is 3. The van der Waals surface area contributed by atoms with Gasteiger partial charge in [0.25, 0.3) is 0 Å². The summed E-state index contributed by atoms with van der Waals surface area (Å²) in [6.45, 7) is 6.63. The molecular weight excluding hydrogens is 222 g/mol.